The van der Waals surface area contributed by atoms with Gasteiger partial charge in [0.2, 0.25) is 0 Å². The molecule has 1 nitrogen and oxygen atoms in total. The smallest absolute Gasteiger partial charge is 0.105 e. The average Bonchev–Trinajstić information content (AvgIpc) is 1.96. The number of thiol groups is 1. The van der Waals surface area contributed by atoms with E-state index in [0.29, 0.717) is 0 Å². The van der Waals surface area contributed by atoms with Gasteiger partial charge < -0.3 is 5.11 Å². The van der Waals surface area contributed by atoms with E-state index >= 15 is 0 Å². The van der Waals surface area contributed by atoms with Gasteiger partial charge in [0.1, 0.15) is 4.11 Å². The lowest BCUT2D eigenvalue weighted by molar-refractivity contribution is 0.263. The Balaban J connectivity index is 2.80. The summed E-state index contributed by atoms with van der Waals surface area (Å²) in [5.74, 6) is 1.01. The molecule has 0 fully saturated rings. The summed E-state index contributed by atoms with van der Waals surface area (Å²) < 4.78 is -0.141. The molecule has 0 amide bonds. The van der Waals surface area contributed by atoms with Crippen LogP contribution in [-0.2, 0) is 0 Å². The highest BCUT2D eigenvalue weighted by molar-refractivity contribution is 14.1. The third kappa shape index (κ3) is 11.0. The van der Waals surface area contributed by atoms with Crippen molar-refractivity contribution in [1.82, 2.24) is 0 Å². The lowest BCUT2D eigenvalue weighted by atomic mass is 10.1. The first kappa shape index (κ1) is 12.0. The Morgan fingerprint density at radius 3 is 2.18 bits per heavy atom. The van der Waals surface area contributed by atoms with Crippen molar-refractivity contribution < 1.29 is 5.11 Å². The minimum Gasteiger partial charge on any atom is -0.383 e. The first-order valence-corrected chi connectivity index (χ1v) is 6.08. The Hall–Kier alpha value is 1.04. The number of unbranched alkanes of at least 4 members (excludes halogenated alkanes) is 4. The second-order valence-corrected chi connectivity index (χ2v) is 4.60. The maximum absolute atomic E-state index is 8.93. The minimum atomic E-state index is -0.141. The molecule has 11 heavy (non-hydrogen) atoms. The molecule has 1 atom stereocenters. The maximum Gasteiger partial charge on any atom is 0.105 e. The fraction of sp³-hybridized carbons (Fsp3) is 1.00. The van der Waals surface area contributed by atoms with Crippen LogP contribution in [0.1, 0.15) is 38.5 Å². The van der Waals surface area contributed by atoms with Crippen molar-refractivity contribution in [3.05, 3.63) is 0 Å². The maximum atomic E-state index is 8.93. The van der Waals surface area contributed by atoms with E-state index in [2.05, 4.69) is 35.2 Å². The molecule has 1 unspecified atom stereocenters. The van der Waals surface area contributed by atoms with Crippen LogP contribution >= 0.6 is 35.2 Å². The van der Waals surface area contributed by atoms with Gasteiger partial charge in [-0.05, 0) is 18.6 Å². The van der Waals surface area contributed by atoms with Crippen molar-refractivity contribution in [1.29, 1.82) is 0 Å². The molecule has 0 aliphatic rings. The van der Waals surface area contributed by atoms with Gasteiger partial charge in [-0.3, -0.25) is 0 Å². The number of hydrogen-bond donors (Lipinski definition) is 2. The molecule has 0 saturated heterocycles. The summed E-state index contributed by atoms with van der Waals surface area (Å²) >= 11 is 6.19. The van der Waals surface area contributed by atoms with Gasteiger partial charge in [0.05, 0.1) is 0 Å². The van der Waals surface area contributed by atoms with Gasteiger partial charge in [-0.25, -0.2) is 0 Å². The summed E-state index contributed by atoms with van der Waals surface area (Å²) in [6.45, 7) is 0. The van der Waals surface area contributed by atoms with E-state index in [-0.39, 0.29) is 4.11 Å². The second-order valence-electron chi connectivity index (χ2n) is 2.71. The summed E-state index contributed by atoms with van der Waals surface area (Å²) in [7, 11) is 0. The zero-order valence-corrected chi connectivity index (χ0v) is 9.85. The first-order chi connectivity index (χ1) is 5.27. The molecule has 0 saturated carbocycles. The van der Waals surface area contributed by atoms with Crippen LogP contribution in [0.5, 0.6) is 0 Å². The molecule has 0 aliphatic carbocycles. The topological polar surface area (TPSA) is 20.2 Å². The SMILES string of the molecule is OC(I)CCCCCCCS. The Bertz CT molecular complexity index is 78.5. The van der Waals surface area contributed by atoms with Crippen LogP contribution in [0.3, 0.4) is 0 Å². The molecule has 0 aliphatic heterocycles. The Morgan fingerprint density at radius 1 is 1.09 bits per heavy atom. The van der Waals surface area contributed by atoms with E-state index in [1.54, 1.807) is 0 Å². The predicted octanol–water partition coefficient (Wildman–Crippen LogP) is 3.01. The fourth-order valence-electron chi connectivity index (χ4n) is 0.955. The van der Waals surface area contributed by atoms with E-state index < -0.39 is 0 Å². The summed E-state index contributed by atoms with van der Waals surface area (Å²) in [6, 6.07) is 0. The van der Waals surface area contributed by atoms with Crippen molar-refractivity contribution in [2.75, 3.05) is 5.75 Å². The molecule has 68 valence electrons. The van der Waals surface area contributed by atoms with E-state index in [9.17, 15) is 0 Å². The van der Waals surface area contributed by atoms with E-state index in [4.69, 9.17) is 5.11 Å². The highest BCUT2D eigenvalue weighted by atomic mass is 127. The molecular weight excluding hydrogens is 271 g/mol. The molecule has 0 radical (unpaired) electrons. The molecule has 0 heterocycles. The third-order valence-electron chi connectivity index (χ3n) is 1.60. The van der Waals surface area contributed by atoms with Crippen molar-refractivity contribution in [2.45, 2.75) is 42.6 Å². The average molecular weight is 288 g/mol. The van der Waals surface area contributed by atoms with Crippen LogP contribution < -0.4 is 0 Å². The van der Waals surface area contributed by atoms with E-state index in [0.717, 1.165) is 18.6 Å². The van der Waals surface area contributed by atoms with Gasteiger partial charge in [0.15, 0.2) is 0 Å². The molecule has 0 aromatic heterocycles. The summed E-state index contributed by atoms with van der Waals surface area (Å²) in [5.41, 5.74) is 0. The number of halogens is 1. The number of aliphatic hydroxyl groups is 1. The normalized spacial score (nSPS) is 13.4. The van der Waals surface area contributed by atoms with Gasteiger partial charge in [-0.2, -0.15) is 12.6 Å². The molecule has 0 rings (SSSR count). The van der Waals surface area contributed by atoms with Crippen molar-refractivity contribution >= 4 is 35.2 Å². The lowest BCUT2D eigenvalue weighted by Crippen LogP contribution is -1.93. The van der Waals surface area contributed by atoms with Crippen LogP contribution in [0, 0.1) is 0 Å². The quantitative estimate of drug-likeness (QED) is 0.319. The molecule has 0 aromatic carbocycles. The van der Waals surface area contributed by atoms with E-state index in [1.807, 2.05) is 0 Å². The van der Waals surface area contributed by atoms with Gasteiger partial charge in [0, 0.05) is 0 Å². The van der Waals surface area contributed by atoms with Gasteiger partial charge in [-0.1, -0.05) is 48.3 Å². The summed E-state index contributed by atoms with van der Waals surface area (Å²) in [4.78, 5) is 0. The van der Waals surface area contributed by atoms with Crippen LogP contribution in [0.25, 0.3) is 0 Å². The summed E-state index contributed by atoms with van der Waals surface area (Å²) in [6.07, 6.45) is 7.19. The molecule has 0 spiro atoms. The van der Waals surface area contributed by atoms with Crippen LogP contribution in [0.4, 0.5) is 0 Å². The van der Waals surface area contributed by atoms with Gasteiger partial charge in [0.25, 0.3) is 0 Å². The molecule has 3 heteroatoms. The Kier molecular flexibility index (Phi) is 9.99. The second kappa shape index (κ2) is 9.13. The number of rotatable bonds is 7. The Morgan fingerprint density at radius 2 is 1.64 bits per heavy atom. The van der Waals surface area contributed by atoms with Crippen molar-refractivity contribution in [2.24, 2.45) is 0 Å². The van der Waals surface area contributed by atoms with Crippen LogP contribution in [0.2, 0.25) is 0 Å². The number of hydrogen-bond acceptors (Lipinski definition) is 2. The molecule has 1 N–H and O–H groups in total. The lowest BCUT2D eigenvalue weighted by Gasteiger charge is -2.01. The monoisotopic (exact) mass is 288 g/mol. The molecule has 0 bridgehead atoms. The predicted molar refractivity (Wildman–Crippen MR) is 61.6 cm³/mol. The molecular formula is C8H17IOS. The zero-order valence-electron chi connectivity index (χ0n) is 6.80. The number of aliphatic hydroxyl groups excluding tert-OH is 1. The largest absolute Gasteiger partial charge is 0.383 e. The minimum absolute atomic E-state index is 0.141. The fourth-order valence-corrected chi connectivity index (χ4v) is 1.62. The van der Waals surface area contributed by atoms with Crippen molar-refractivity contribution in [3.8, 4) is 0 Å². The van der Waals surface area contributed by atoms with Crippen LogP contribution in [0.15, 0.2) is 0 Å². The Labute approximate surface area is 88.5 Å². The van der Waals surface area contributed by atoms with Gasteiger partial charge >= 0.3 is 0 Å². The third-order valence-corrected chi connectivity index (χ3v) is 2.54. The van der Waals surface area contributed by atoms with Crippen LogP contribution in [-0.4, -0.2) is 15.0 Å². The number of alkyl halides is 1. The zero-order chi connectivity index (χ0) is 8.53. The first-order valence-electron chi connectivity index (χ1n) is 4.20. The van der Waals surface area contributed by atoms with Crippen molar-refractivity contribution in [3.63, 3.8) is 0 Å². The summed E-state index contributed by atoms with van der Waals surface area (Å²) in [5, 5.41) is 8.93. The molecule has 0 aromatic rings. The highest BCUT2D eigenvalue weighted by Gasteiger charge is 1.96. The highest BCUT2D eigenvalue weighted by Crippen LogP contribution is 2.10. The van der Waals surface area contributed by atoms with Gasteiger partial charge in [-0.15, -0.1) is 0 Å². The standard InChI is InChI=1S/C8H17IOS/c9-8(10)6-4-2-1-3-5-7-11/h8,10-11H,1-7H2. The van der Waals surface area contributed by atoms with E-state index in [1.165, 1.54) is 25.7 Å².